The van der Waals surface area contributed by atoms with Gasteiger partial charge < -0.3 is 5.32 Å². The first-order valence-corrected chi connectivity index (χ1v) is 6.72. The Bertz CT molecular complexity index is 490. The minimum Gasteiger partial charge on any atom is -0.361 e. The van der Waals surface area contributed by atoms with Crippen LogP contribution in [0.1, 0.15) is 12.8 Å². The lowest BCUT2D eigenvalue weighted by Crippen LogP contribution is -2.01. The first-order valence-electron chi connectivity index (χ1n) is 5.11. The molecular formula is C11H11BrN2S. The summed E-state index contributed by atoms with van der Waals surface area (Å²) in [5.41, 5.74) is 1.08. The molecule has 1 saturated carbocycles. The van der Waals surface area contributed by atoms with Crippen molar-refractivity contribution >= 4 is 42.6 Å². The summed E-state index contributed by atoms with van der Waals surface area (Å²) in [7, 11) is 0. The molecule has 0 unspecified atom stereocenters. The second-order valence-electron chi connectivity index (χ2n) is 3.96. The number of rotatable bonds is 3. The van der Waals surface area contributed by atoms with E-state index in [2.05, 4.69) is 38.4 Å². The summed E-state index contributed by atoms with van der Waals surface area (Å²) in [5, 5.41) is 4.46. The fourth-order valence-electron chi connectivity index (χ4n) is 1.53. The highest BCUT2D eigenvalue weighted by Gasteiger charge is 2.21. The van der Waals surface area contributed by atoms with Crippen LogP contribution in [0.3, 0.4) is 0 Å². The number of hydrogen-bond acceptors (Lipinski definition) is 3. The topological polar surface area (TPSA) is 24.9 Å². The van der Waals surface area contributed by atoms with Gasteiger partial charge in [0, 0.05) is 11.0 Å². The second kappa shape index (κ2) is 3.76. The fourth-order valence-corrected chi connectivity index (χ4v) is 2.95. The molecule has 1 aromatic carbocycles. The largest absolute Gasteiger partial charge is 0.361 e. The van der Waals surface area contributed by atoms with Crippen LogP contribution in [-0.4, -0.2) is 11.5 Å². The van der Waals surface area contributed by atoms with Crippen molar-refractivity contribution in [2.24, 2.45) is 5.92 Å². The summed E-state index contributed by atoms with van der Waals surface area (Å²) in [6, 6.07) is 6.21. The van der Waals surface area contributed by atoms with Crippen molar-refractivity contribution in [3.63, 3.8) is 0 Å². The number of fused-ring (bicyclic) bond motifs is 1. The molecule has 3 rings (SSSR count). The van der Waals surface area contributed by atoms with Crippen molar-refractivity contribution in [2.75, 3.05) is 11.9 Å². The number of nitrogens with zero attached hydrogens (tertiary/aromatic N) is 1. The third-order valence-corrected chi connectivity index (χ3v) is 4.06. The highest BCUT2D eigenvalue weighted by molar-refractivity contribution is 9.10. The summed E-state index contributed by atoms with van der Waals surface area (Å²) in [4.78, 5) is 4.54. The smallest absolute Gasteiger partial charge is 0.183 e. The van der Waals surface area contributed by atoms with Gasteiger partial charge in [-0.15, -0.1) is 0 Å². The number of anilines is 1. The number of benzene rings is 1. The van der Waals surface area contributed by atoms with Crippen molar-refractivity contribution in [1.82, 2.24) is 4.98 Å². The van der Waals surface area contributed by atoms with Gasteiger partial charge in [-0.05, 0) is 37.0 Å². The first kappa shape index (κ1) is 9.60. The van der Waals surface area contributed by atoms with Gasteiger partial charge in [-0.25, -0.2) is 4.98 Å². The molecule has 0 atom stereocenters. The SMILES string of the molecule is Brc1ccc2nc(NCC3CC3)sc2c1. The number of hydrogen-bond donors (Lipinski definition) is 1. The van der Waals surface area contributed by atoms with Crippen LogP contribution in [0.2, 0.25) is 0 Å². The molecule has 0 amide bonds. The van der Waals surface area contributed by atoms with E-state index in [1.54, 1.807) is 11.3 Å². The predicted octanol–water partition coefficient (Wildman–Crippen LogP) is 3.88. The van der Waals surface area contributed by atoms with Crippen LogP contribution in [0.5, 0.6) is 0 Å². The van der Waals surface area contributed by atoms with E-state index in [4.69, 9.17) is 0 Å². The Balaban J connectivity index is 1.84. The second-order valence-corrected chi connectivity index (χ2v) is 5.90. The molecule has 2 nitrogen and oxygen atoms in total. The molecule has 15 heavy (non-hydrogen) atoms. The quantitative estimate of drug-likeness (QED) is 0.924. The lowest BCUT2D eigenvalue weighted by atomic mass is 10.3. The summed E-state index contributed by atoms with van der Waals surface area (Å²) >= 11 is 5.20. The van der Waals surface area contributed by atoms with Gasteiger partial charge in [0.2, 0.25) is 0 Å². The lowest BCUT2D eigenvalue weighted by Gasteiger charge is -1.97. The third-order valence-electron chi connectivity index (χ3n) is 2.59. The predicted molar refractivity (Wildman–Crippen MR) is 68.5 cm³/mol. The Labute approximate surface area is 101 Å². The summed E-state index contributed by atoms with van der Waals surface area (Å²) in [6.07, 6.45) is 2.76. The molecule has 0 bridgehead atoms. The van der Waals surface area contributed by atoms with E-state index in [0.29, 0.717) is 0 Å². The Morgan fingerprint density at radius 1 is 1.47 bits per heavy atom. The van der Waals surface area contributed by atoms with Crippen LogP contribution in [-0.2, 0) is 0 Å². The van der Waals surface area contributed by atoms with Crippen LogP contribution in [0, 0.1) is 5.92 Å². The van der Waals surface area contributed by atoms with Crippen molar-refractivity contribution in [3.8, 4) is 0 Å². The van der Waals surface area contributed by atoms with E-state index >= 15 is 0 Å². The molecule has 4 heteroatoms. The van der Waals surface area contributed by atoms with E-state index in [1.165, 1.54) is 17.5 Å². The zero-order valence-electron chi connectivity index (χ0n) is 8.16. The maximum atomic E-state index is 4.54. The van der Waals surface area contributed by atoms with E-state index in [9.17, 15) is 0 Å². The van der Waals surface area contributed by atoms with Gasteiger partial charge in [0.05, 0.1) is 10.2 Å². The minimum absolute atomic E-state index is 0.892. The zero-order chi connectivity index (χ0) is 10.3. The van der Waals surface area contributed by atoms with Crippen molar-refractivity contribution in [3.05, 3.63) is 22.7 Å². The fraction of sp³-hybridized carbons (Fsp3) is 0.364. The normalized spacial score (nSPS) is 15.8. The van der Waals surface area contributed by atoms with E-state index in [-0.39, 0.29) is 0 Å². The van der Waals surface area contributed by atoms with Crippen molar-refractivity contribution < 1.29 is 0 Å². The lowest BCUT2D eigenvalue weighted by molar-refractivity contribution is 0.888. The van der Waals surface area contributed by atoms with Crippen LogP contribution in [0.15, 0.2) is 22.7 Å². The number of aromatic nitrogens is 1. The van der Waals surface area contributed by atoms with Crippen molar-refractivity contribution in [2.45, 2.75) is 12.8 Å². The van der Waals surface area contributed by atoms with Gasteiger partial charge in [0.25, 0.3) is 0 Å². The van der Waals surface area contributed by atoms with Gasteiger partial charge in [-0.3, -0.25) is 0 Å². The molecule has 1 aliphatic carbocycles. The zero-order valence-corrected chi connectivity index (χ0v) is 10.6. The van der Waals surface area contributed by atoms with Gasteiger partial charge in [-0.1, -0.05) is 27.3 Å². The van der Waals surface area contributed by atoms with Gasteiger partial charge in [0.1, 0.15) is 0 Å². The number of nitrogens with one attached hydrogen (secondary N) is 1. The molecule has 0 radical (unpaired) electrons. The van der Waals surface area contributed by atoms with Crippen LogP contribution >= 0.6 is 27.3 Å². The third kappa shape index (κ3) is 2.16. The minimum atomic E-state index is 0.892. The molecular weight excluding hydrogens is 272 g/mol. The Morgan fingerprint density at radius 2 is 2.33 bits per heavy atom. The molecule has 1 heterocycles. The molecule has 0 saturated heterocycles. The van der Waals surface area contributed by atoms with Gasteiger partial charge in [0.15, 0.2) is 5.13 Å². The van der Waals surface area contributed by atoms with Crippen molar-refractivity contribution in [1.29, 1.82) is 0 Å². The van der Waals surface area contributed by atoms with Crippen LogP contribution < -0.4 is 5.32 Å². The standard InChI is InChI=1S/C11H11BrN2S/c12-8-3-4-9-10(5-8)15-11(14-9)13-6-7-1-2-7/h3-5,7H,1-2,6H2,(H,13,14). The molecule has 0 aliphatic heterocycles. The molecule has 1 N–H and O–H groups in total. The number of halogens is 1. The summed E-state index contributed by atoms with van der Waals surface area (Å²) in [6.45, 7) is 1.08. The van der Waals surface area contributed by atoms with E-state index in [0.717, 1.165) is 27.6 Å². The molecule has 78 valence electrons. The Kier molecular flexibility index (Phi) is 2.41. The highest BCUT2D eigenvalue weighted by Crippen LogP contribution is 2.31. The van der Waals surface area contributed by atoms with E-state index < -0.39 is 0 Å². The van der Waals surface area contributed by atoms with Gasteiger partial charge in [-0.2, -0.15) is 0 Å². The first-order chi connectivity index (χ1) is 7.31. The molecule has 1 aromatic heterocycles. The monoisotopic (exact) mass is 282 g/mol. The van der Waals surface area contributed by atoms with Gasteiger partial charge >= 0.3 is 0 Å². The van der Waals surface area contributed by atoms with E-state index in [1.807, 2.05) is 6.07 Å². The van der Waals surface area contributed by atoms with Crippen LogP contribution in [0.25, 0.3) is 10.2 Å². The van der Waals surface area contributed by atoms with Crippen LogP contribution in [0.4, 0.5) is 5.13 Å². The number of thiazole rings is 1. The molecule has 1 aliphatic rings. The molecule has 2 aromatic rings. The summed E-state index contributed by atoms with van der Waals surface area (Å²) < 4.78 is 2.36. The highest BCUT2D eigenvalue weighted by atomic mass is 79.9. The molecule has 0 spiro atoms. The Hall–Kier alpha value is -0.610. The average Bonchev–Trinajstić information content (AvgIpc) is 2.95. The molecule has 1 fully saturated rings. The summed E-state index contributed by atoms with van der Waals surface area (Å²) in [5.74, 6) is 0.892. The maximum absolute atomic E-state index is 4.54. The Morgan fingerprint density at radius 3 is 3.13 bits per heavy atom. The average molecular weight is 283 g/mol. The maximum Gasteiger partial charge on any atom is 0.183 e.